The van der Waals surface area contributed by atoms with E-state index in [1.807, 2.05) is 48.7 Å². The zero-order valence-electron chi connectivity index (χ0n) is 18.1. The topological polar surface area (TPSA) is 77.3 Å². The molecule has 7 heteroatoms. The average Bonchev–Trinajstić information content (AvgIpc) is 3.28. The molecule has 164 valence electrons. The number of ether oxygens (including phenoxy) is 1. The van der Waals surface area contributed by atoms with Crippen molar-refractivity contribution in [3.8, 4) is 16.9 Å². The summed E-state index contributed by atoms with van der Waals surface area (Å²) in [5, 5.41) is 4.74. The van der Waals surface area contributed by atoms with Gasteiger partial charge in [0, 0.05) is 48.9 Å². The molecule has 2 aromatic heterocycles. The quantitative estimate of drug-likeness (QED) is 0.440. The van der Waals surface area contributed by atoms with Gasteiger partial charge in [-0.25, -0.2) is 4.68 Å². The molecule has 1 saturated heterocycles. The third-order valence-electron chi connectivity index (χ3n) is 5.46. The maximum absolute atomic E-state index is 12.9. The lowest BCUT2D eigenvalue weighted by molar-refractivity contribution is -0.150. The van der Waals surface area contributed by atoms with Crippen LogP contribution in [0.3, 0.4) is 0 Å². The second kappa shape index (κ2) is 10.0. The molecule has 4 rings (SSSR count). The Balaban J connectivity index is 1.57. The fourth-order valence-electron chi connectivity index (χ4n) is 3.85. The highest BCUT2D eigenvalue weighted by molar-refractivity contribution is 5.93. The van der Waals surface area contributed by atoms with Crippen LogP contribution in [0.2, 0.25) is 0 Å². The smallest absolute Gasteiger partial charge is 0.310 e. The molecule has 1 aromatic carbocycles. The van der Waals surface area contributed by atoms with E-state index in [1.165, 1.54) is 0 Å². The van der Waals surface area contributed by atoms with Gasteiger partial charge < -0.3 is 9.64 Å². The van der Waals surface area contributed by atoms with Gasteiger partial charge in [-0.2, -0.15) is 5.10 Å². The van der Waals surface area contributed by atoms with E-state index in [0.717, 1.165) is 35.3 Å². The number of rotatable bonds is 6. The number of carbonyl (C=O) groups is 2. The fourth-order valence-corrected chi connectivity index (χ4v) is 3.85. The maximum atomic E-state index is 12.9. The number of pyridine rings is 1. The van der Waals surface area contributed by atoms with E-state index in [2.05, 4.69) is 4.98 Å². The molecule has 0 bridgehead atoms. The molecule has 0 saturated carbocycles. The molecule has 1 unspecified atom stereocenters. The van der Waals surface area contributed by atoms with E-state index in [9.17, 15) is 9.59 Å². The lowest BCUT2D eigenvalue weighted by Crippen LogP contribution is -2.42. The number of carbonyl (C=O) groups excluding carboxylic acids is 2. The van der Waals surface area contributed by atoms with Crippen molar-refractivity contribution in [3.05, 3.63) is 72.7 Å². The number of piperidine rings is 1. The van der Waals surface area contributed by atoms with Crippen LogP contribution in [-0.4, -0.2) is 51.2 Å². The summed E-state index contributed by atoms with van der Waals surface area (Å²) in [4.78, 5) is 30.9. The van der Waals surface area contributed by atoms with Crippen LogP contribution in [0.15, 0.2) is 67.1 Å². The van der Waals surface area contributed by atoms with Gasteiger partial charge >= 0.3 is 5.97 Å². The molecule has 0 radical (unpaired) electrons. The SMILES string of the molecule is CCOC(=O)C1CCCN(C(=O)/C=C/c2cn(-c3ccccc3)nc2-c2cccnc2)C1. The van der Waals surface area contributed by atoms with E-state index < -0.39 is 0 Å². The van der Waals surface area contributed by atoms with Crippen LogP contribution >= 0.6 is 0 Å². The highest BCUT2D eigenvalue weighted by atomic mass is 16.5. The Morgan fingerprint density at radius 1 is 1.19 bits per heavy atom. The van der Waals surface area contributed by atoms with Gasteiger partial charge in [0.15, 0.2) is 0 Å². The van der Waals surface area contributed by atoms with Gasteiger partial charge in [0.1, 0.15) is 5.69 Å². The largest absolute Gasteiger partial charge is 0.466 e. The van der Waals surface area contributed by atoms with Crippen molar-refractivity contribution in [2.24, 2.45) is 5.92 Å². The first kappa shape index (κ1) is 21.5. The zero-order chi connectivity index (χ0) is 22.3. The number of nitrogens with zero attached hydrogens (tertiary/aromatic N) is 4. The van der Waals surface area contributed by atoms with Crippen molar-refractivity contribution in [1.82, 2.24) is 19.7 Å². The molecule has 3 aromatic rings. The second-order valence-electron chi connectivity index (χ2n) is 7.66. The molecular weight excluding hydrogens is 404 g/mol. The van der Waals surface area contributed by atoms with Crippen LogP contribution in [0, 0.1) is 5.92 Å². The van der Waals surface area contributed by atoms with Gasteiger partial charge in [0.05, 0.1) is 18.2 Å². The summed E-state index contributed by atoms with van der Waals surface area (Å²) in [7, 11) is 0. The van der Waals surface area contributed by atoms with Gasteiger partial charge in [-0.3, -0.25) is 14.6 Å². The highest BCUT2D eigenvalue weighted by Crippen LogP contribution is 2.25. The van der Waals surface area contributed by atoms with Crippen LogP contribution in [0.4, 0.5) is 0 Å². The molecule has 1 atom stereocenters. The summed E-state index contributed by atoms with van der Waals surface area (Å²) in [6.07, 6.45) is 10.2. The van der Waals surface area contributed by atoms with Crippen molar-refractivity contribution >= 4 is 18.0 Å². The van der Waals surface area contributed by atoms with Crippen LogP contribution in [0.25, 0.3) is 23.0 Å². The summed E-state index contributed by atoms with van der Waals surface area (Å²) in [6, 6.07) is 13.6. The highest BCUT2D eigenvalue weighted by Gasteiger charge is 2.28. The standard InChI is InChI=1S/C25H26N4O3/c1-2-32-25(31)21-9-7-15-28(17-21)23(30)13-12-20-18-29(22-10-4-3-5-11-22)27-24(20)19-8-6-14-26-16-19/h3-6,8,10-14,16,18,21H,2,7,9,15,17H2,1H3/b13-12+. The average molecular weight is 431 g/mol. The number of para-hydroxylation sites is 1. The van der Waals surface area contributed by atoms with Gasteiger partial charge in [-0.15, -0.1) is 0 Å². The van der Waals surface area contributed by atoms with Crippen molar-refractivity contribution in [1.29, 1.82) is 0 Å². The monoisotopic (exact) mass is 430 g/mol. The molecule has 0 aliphatic carbocycles. The van der Waals surface area contributed by atoms with Gasteiger partial charge in [0.25, 0.3) is 0 Å². The first-order valence-electron chi connectivity index (χ1n) is 10.8. The van der Waals surface area contributed by atoms with Crippen molar-refractivity contribution in [2.45, 2.75) is 19.8 Å². The molecule has 1 aliphatic rings. The number of aromatic nitrogens is 3. The minimum atomic E-state index is -0.257. The number of esters is 1. The molecule has 0 spiro atoms. The van der Waals surface area contributed by atoms with Crippen molar-refractivity contribution in [3.63, 3.8) is 0 Å². The summed E-state index contributed by atoms with van der Waals surface area (Å²) < 4.78 is 6.93. The molecule has 3 heterocycles. The minimum absolute atomic E-state index is 0.122. The third-order valence-corrected chi connectivity index (χ3v) is 5.46. The molecule has 1 fully saturated rings. The molecule has 0 N–H and O–H groups in total. The zero-order valence-corrected chi connectivity index (χ0v) is 18.1. The van der Waals surface area contributed by atoms with Crippen molar-refractivity contribution < 1.29 is 14.3 Å². The van der Waals surface area contributed by atoms with Crippen LogP contribution < -0.4 is 0 Å². The Labute approximate surface area is 187 Å². The molecule has 7 nitrogen and oxygen atoms in total. The summed E-state index contributed by atoms with van der Waals surface area (Å²) in [6.45, 7) is 3.17. The first-order valence-corrected chi connectivity index (χ1v) is 10.8. The Morgan fingerprint density at radius 3 is 2.78 bits per heavy atom. The van der Waals surface area contributed by atoms with Gasteiger partial charge in [-0.05, 0) is 50.1 Å². The number of hydrogen-bond donors (Lipinski definition) is 0. The van der Waals surface area contributed by atoms with Gasteiger partial charge in [-0.1, -0.05) is 18.2 Å². The van der Waals surface area contributed by atoms with E-state index in [0.29, 0.717) is 19.7 Å². The fraction of sp³-hybridized carbons (Fsp3) is 0.280. The number of hydrogen-bond acceptors (Lipinski definition) is 5. The lowest BCUT2D eigenvalue weighted by atomic mass is 9.98. The third kappa shape index (κ3) is 4.94. The minimum Gasteiger partial charge on any atom is -0.466 e. The number of benzene rings is 1. The maximum Gasteiger partial charge on any atom is 0.310 e. The van der Waals surface area contributed by atoms with Crippen LogP contribution in [-0.2, 0) is 14.3 Å². The lowest BCUT2D eigenvalue weighted by Gasteiger charge is -2.30. The van der Waals surface area contributed by atoms with E-state index in [-0.39, 0.29) is 17.8 Å². The van der Waals surface area contributed by atoms with E-state index in [4.69, 9.17) is 9.84 Å². The number of likely N-dealkylation sites (tertiary alicyclic amines) is 1. The molecule has 32 heavy (non-hydrogen) atoms. The normalized spacial score (nSPS) is 16.3. The predicted molar refractivity (Wildman–Crippen MR) is 122 cm³/mol. The summed E-state index contributed by atoms with van der Waals surface area (Å²) >= 11 is 0. The predicted octanol–water partition coefficient (Wildman–Crippen LogP) is 3.75. The van der Waals surface area contributed by atoms with Crippen molar-refractivity contribution in [2.75, 3.05) is 19.7 Å². The van der Waals surface area contributed by atoms with E-state index >= 15 is 0 Å². The molecule has 1 amide bonds. The first-order chi connectivity index (χ1) is 15.7. The van der Waals surface area contributed by atoms with Gasteiger partial charge in [0.2, 0.25) is 5.91 Å². The molecule has 1 aliphatic heterocycles. The Hall–Kier alpha value is -3.74. The Kier molecular flexibility index (Phi) is 6.75. The Morgan fingerprint density at radius 2 is 2.03 bits per heavy atom. The van der Waals surface area contributed by atoms with Crippen LogP contribution in [0.5, 0.6) is 0 Å². The second-order valence-corrected chi connectivity index (χ2v) is 7.66. The van der Waals surface area contributed by atoms with E-state index in [1.54, 1.807) is 41.1 Å². The number of amides is 1. The summed E-state index contributed by atoms with van der Waals surface area (Å²) in [5.41, 5.74) is 3.36. The molecular formula is C25H26N4O3. The summed E-state index contributed by atoms with van der Waals surface area (Å²) in [5.74, 6) is -0.603. The Bertz CT molecular complexity index is 1090. The van der Waals surface area contributed by atoms with Crippen LogP contribution in [0.1, 0.15) is 25.3 Å².